The molecule has 1 saturated heterocycles. The molecule has 1 aromatic rings. The molecular weight excluding hydrogens is 217 g/mol. The summed E-state index contributed by atoms with van der Waals surface area (Å²) >= 11 is 0. The second kappa shape index (κ2) is 5.41. The molecule has 1 unspecified atom stereocenters. The molecule has 3 heteroatoms. The van der Waals surface area contributed by atoms with Gasteiger partial charge in [-0.2, -0.15) is 0 Å². The van der Waals surface area contributed by atoms with E-state index in [1.807, 2.05) is 6.07 Å². The molecule has 0 aromatic heterocycles. The molecule has 0 amide bonds. The summed E-state index contributed by atoms with van der Waals surface area (Å²) in [6, 6.07) is 3.17. The van der Waals surface area contributed by atoms with Gasteiger partial charge in [0.1, 0.15) is 12.1 Å². The van der Waals surface area contributed by atoms with Crippen LogP contribution >= 0.6 is 0 Å². The number of rotatable bonds is 3. The summed E-state index contributed by atoms with van der Waals surface area (Å²) in [5.74, 6) is 0.268. The van der Waals surface area contributed by atoms with Crippen LogP contribution in [-0.2, 0) is 6.42 Å². The molecule has 0 aliphatic carbocycles. The van der Waals surface area contributed by atoms with E-state index in [1.54, 1.807) is 6.92 Å². The maximum atomic E-state index is 13.4. The Bertz CT molecular complexity index is 411. The van der Waals surface area contributed by atoms with E-state index in [2.05, 4.69) is 5.32 Å². The van der Waals surface area contributed by atoms with E-state index in [1.165, 1.54) is 18.9 Å². The lowest BCUT2D eigenvalue weighted by Crippen LogP contribution is -2.31. The van der Waals surface area contributed by atoms with Crippen molar-refractivity contribution in [2.24, 2.45) is 5.92 Å². The average Bonchev–Trinajstić information content (AvgIpc) is 2.35. The van der Waals surface area contributed by atoms with E-state index in [0.29, 0.717) is 17.0 Å². The van der Waals surface area contributed by atoms with Gasteiger partial charge < -0.3 is 5.32 Å². The monoisotopic (exact) mass is 235 g/mol. The minimum atomic E-state index is -0.294. The summed E-state index contributed by atoms with van der Waals surface area (Å²) in [4.78, 5) is 11.0. The van der Waals surface area contributed by atoms with E-state index in [9.17, 15) is 9.18 Å². The molecular formula is C14H18FNO. The summed E-state index contributed by atoms with van der Waals surface area (Å²) in [5, 5.41) is 3.36. The Morgan fingerprint density at radius 3 is 3.00 bits per heavy atom. The van der Waals surface area contributed by atoms with Crippen molar-refractivity contribution >= 4 is 6.29 Å². The van der Waals surface area contributed by atoms with Crippen LogP contribution in [0.4, 0.5) is 4.39 Å². The molecule has 1 aromatic carbocycles. The highest BCUT2D eigenvalue weighted by Gasteiger charge is 2.16. The van der Waals surface area contributed by atoms with Gasteiger partial charge in [-0.1, -0.05) is 6.07 Å². The first kappa shape index (κ1) is 12.2. The highest BCUT2D eigenvalue weighted by atomic mass is 19.1. The Morgan fingerprint density at radius 1 is 1.53 bits per heavy atom. The molecule has 0 bridgehead atoms. The summed E-state index contributed by atoms with van der Waals surface area (Å²) in [6.07, 6.45) is 3.99. The van der Waals surface area contributed by atoms with E-state index in [0.717, 1.165) is 31.4 Å². The number of nitrogens with one attached hydrogen (secondary N) is 1. The predicted octanol–water partition coefficient (Wildman–Crippen LogP) is 2.49. The number of aldehydes is 1. The average molecular weight is 235 g/mol. The Kier molecular flexibility index (Phi) is 3.89. The molecule has 1 heterocycles. The van der Waals surface area contributed by atoms with E-state index >= 15 is 0 Å². The van der Waals surface area contributed by atoms with Gasteiger partial charge in [0.15, 0.2) is 0 Å². The number of aryl methyl sites for hydroxylation is 1. The topological polar surface area (TPSA) is 29.1 Å². The zero-order valence-corrected chi connectivity index (χ0v) is 10.1. The summed E-state index contributed by atoms with van der Waals surface area (Å²) in [5.41, 5.74) is 2.10. The molecule has 2 rings (SSSR count). The van der Waals surface area contributed by atoms with Crippen LogP contribution in [0.25, 0.3) is 0 Å². The Morgan fingerprint density at radius 2 is 2.35 bits per heavy atom. The molecule has 1 fully saturated rings. The van der Waals surface area contributed by atoms with Crippen molar-refractivity contribution in [3.05, 3.63) is 34.6 Å². The number of halogens is 1. The van der Waals surface area contributed by atoms with Crippen molar-refractivity contribution in [2.45, 2.75) is 26.2 Å². The van der Waals surface area contributed by atoms with Gasteiger partial charge in [0.05, 0.1) is 0 Å². The molecule has 0 saturated carbocycles. The molecule has 1 aliphatic heterocycles. The van der Waals surface area contributed by atoms with Crippen LogP contribution in [0, 0.1) is 18.7 Å². The lowest BCUT2D eigenvalue weighted by atomic mass is 9.89. The molecule has 0 radical (unpaired) electrons. The summed E-state index contributed by atoms with van der Waals surface area (Å²) < 4.78 is 13.4. The number of hydrogen-bond donors (Lipinski definition) is 1. The molecule has 17 heavy (non-hydrogen) atoms. The molecule has 1 N–H and O–H groups in total. The van der Waals surface area contributed by atoms with Gasteiger partial charge in [0.25, 0.3) is 0 Å². The number of hydrogen-bond acceptors (Lipinski definition) is 2. The highest BCUT2D eigenvalue weighted by Crippen LogP contribution is 2.21. The quantitative estimate of drug-likeness (QED) is 0.815. The Hall–Kier alpha value is -1.22. The van der Waals surface area contributed by atoms with Gasteiger partial charge in [-0.15, -0.1) is 0 Å². The molecule has 0 spiro atoms. The first-order valence-corrected chi connectivity index (χ1v) is 6.15. The van der Waals surface area contributed by atoms with Crippen LogP contribution in [0.1, 0.15) is 34.3 Å². The van der Waals surface area contributed by atoms with E-state index in [-0.39, 0.29) is 5.82 Å². The fraction of sp³-hybridized carbons (Fsp3) is 0.500. The molecule has 2 nitrogen and oxygen atoms in total. The number of carbonyl (C=O) groups is 1. The van der Waals surface area contributed by atoms with Crippen LogP contribution in [0.2, 0.25) is 0 Å². The maximum absolute atomic E-state index is 13.4. The largest absolute Gasteiger partial charge is 0.316 e. The smallest absolute Gasteiger partial charge is 0.150 e. The standard InChI is InChI=1S/C14H18FNO/c1-10-5-12(13(9-17)7-14(10)15)6-11-3-2-4-16-8-11/h5,7,9,11,16H,2-4,6,8H2,1H3. The van der Waals surface area contributed by atoms with Gasteiger partial charge >= 0.3 is 0 Å². The lowest BCUT2D eigenvalue weighted by Gasteiger charge is -2.23. The minimum Gasteiger partial charge on any atom is -0.316 e. The van der Waals surface area contributed by atoms with Crippen molar-refractivity contribution in [1.82, 2.24) is 5.32 Å². The van der Waals surface area contributed by atoms with Crippen LogP contribution in [-0.4, -0.2) is 19.4 Å². The third-order valence-electron chi connectivity index (χ3n) is 3.45. The minimum absolute atomic E-state index is 0.294. The normalized spacial score (nSPS) is 20.2. The van der Waals surface area contributed by atoms with Crippen molar-refractivity contribution in [3.63, 3.8) is 0 Å². The van der Waals surface area contributed by atoms with Crippen LogP contribution < -0.4 is 5.32 Å². The number of piperidine rings is 1. The zero-order chi connectivity index (χ0) is 12.3. The molecule has 1 atom stereocenters. The van der Waals surface area contributed by atoms with Gasteiger partial charge in [0.2, 0.25) is 0 Å². The fourth-order valence-electron chi connectivity index (χ4n) is 2.45. The van der Waals surface area contributed by atoms with Gasteiger partial charge in [-0.05, 0) is 62.4 Å². The SMILES string of the molecule is Cc1cc(CC2CCCNC2)c(C=O)cc1F. The fourth-order valence-corrected chi connectivity index (χ4v) is 2.45. The van der Waals surface area contributed by atoms with Crippen molar-refractivity contribution in [3.8, 4) is 0 Å². The Labute approximate surface area is 101 Å². The van der Waals surface area contributed by atoms with E-state index in [4.69, 9.17) is 0 Å². The van der Waals surface area contributed by atoms with Crippen molar-refractivity contribution in [2.75, 3.05) is 13.1 Å². The predicted molar refractivity (Wildman–Crippen MR) is 65.8 cm³/mol. The molecule has 92 valence electrons. The first-order valence-electron chi connectivity index (χ1n) is 6.15. The van der Waals surface area contributed by atoms with Crippen molar-refractivity contribution in [1.29, 1.82) is 0 Å². The number of benzene rings is 1. The second-order valence-electron chi connectivity index (χ2n) is 4.83. The summed E-state index contributed by atoms with van der Waals surface area (Å²) in [6.45, 7) is 3.82. The van der Waals surface area contributed by atoms with Crippen LogP contribution in [0.5, 0.6) is 0 Å². The zero-order valence-electron chi connectivity index (χ0n) is 10.1. The van der Waals surface area contributed by atoms with Crippen molar-refractivity contribution < 1.29 is 9.18 Å². The Balaban J connectivity index is 2.18. The number of carbonyl (C=O) groups excluding carboxylic acids is 1. The van der Waals surface area contributed by atoms with Gasteiger partial charge in [-0.25, -0.2) is 4.39 Å². The van der Waals surface area contributed by atoms with Crippen LogP contribution in [0.3, 0.4) is 0 Å². The highest BCUT2D eigenvalue weighted by molar-refractivity contribution is 5.77. The second-order valence-corrected chi connectivity index (χ2v) is 4.83. The lowest BCUT2D eigenvalue weighted by molar-refractivity contribution is 0.112. The maximum Gasteiger partial charge on any atom is 0.150 e. The third kappa shape index (κ3) is 2.91. The van der Waals surface area contributed by atoms with Crippen LogP contribution in [0.15, 0.2) is 12.1 Å². The van der Waals surface area contributed by atoms with Gasteiger partial charge in [-0.3, -0.25) is 4.79 Å². The third-order valence-corrected chi connectivity index (χ3v) is 3.45. The summed E-state index contributed by atoms with van der Waals surface area (Å²) in [7, 11) is 0. The van der Waals surface area contributed by atoms with Gasteiger partial charge in [0, 0.05) is 5.56 Å². The first-order chi connectivity index (χ1) is 8.20. The molecule has 1 aliphatic rings. The van der Waals surface area contributed by atoms with E-state index < -0.39 is 0 Å².